The molecule has 36 heavy (non-hydrogen) atoms. The van der Waals surface area contributed by atoms with Crippen LogP contribution < -0.4 is 10.6 Å². The van der Waals surface area contributed by atoms with Crippen LogP contribution in [0.5, 0.6) is 0 Å². The van der Waals surface area contributed by atoms with Gasteiger partial charge in [0.05, 0.1) is 16.2 Å². The van der Waals surface area contributed by atoms with Crippen LogP contribution in [0.3, 0.4) is 0 Å². The van der Waals surface area contributed by atoms with Gasteiger partial charge in [0.25, 0.3) is 11.6 Å². The van der Waals surface area contributed by atoms with Crippen LogP contribution in [-0.2, 0) is 16.0 Å². The molecule has 182 valence electrons. The molecule has 2 heterocycles. The molecule has 1 atom stereocenters. The molecule has 1 fully saturated rings. The summed E-state index contributed by atoms with van der Waals surface area (Å²) < 4.78 is 0. The number of carbonyl (C=O) groups is 2. The van der Waals surface area contributed by atoms with E-state index in [2.05, 4.69) is 22.8 Å². The highest BCUT2D eigenvalue weighted by Crippen LogP contribution is 2.39. The second-order valence-electron chi connectivity index (χ2n) is 9.20. The highest BCUT2D eigenvalue weighted by molar-refractivity contribution is 6.37. The highest BCUT2D eigenvalue weighted by atomic mass is 16.6. The minimum absolute atomic E-state index is 0.0743. The first-order valence-corrected chi connectivity index (χ1v) is 11.9. The van der Waals surface area contributed by atoms with Crippen molar-refractivity contribution in [3.05, 3.63) is 99.6 Å². The summed E-state index contributed by atoms with van der Waals surface area (Å²) in [5.41, 5.74) is 4.68. The van der Waals surface area contributed by atoms with E-state index in [1.54, 1.807) is 13.0 Å². The number of anilines is 2. The van der Waals surface area contributed by atoms with Crippen LogP contribution in [0.1, 0.15) is 30.0 Å². The molecule has 0 spiro atoms. The lowest BCUT2D eigenvalue weighted by Gasteiger charge is -2.16. The number of amides is 2. The summed E-state index contributed by atoms with van der Waals surface area (Å²) in [6.07, 6.45) is 1.90. The lowest BCUT2D eigenvalue weighted by atomic mass is 9.98. The van der Waals surface area contributed by atoms with E-state index in [1.807, 2.05) is 47.4 Å². The third kappa shape index (κ3) is 4.70. The molecule has 2 aliphatic rings. The van der Waals surface area contributed by atoms with Crippen molar-refractivity contribution in [2.75, 3.05) is 23.7 Å². The van der Waals surface area contributed by atoms with Crippen LogP contribution in [0.25, 0.3) is 11.3 Å². The van der Waals surface area contributed by atoms with Crippen molar-refractivity contribution in [3.8, 4) is 0 Å². The fourth-order valence-electron chi connectivity index (χ4n) is 4.89. The van der Waals surface area contributed by atoms with Crippen LogP contribution in [0.2, 0.25) is 0 Å². The van der Waals surface area contributed by atoms with Gasteiger partial charge in [-0.15, -0.1) is 0 Å². The smallest absolute Gasteiger partial charge is 0.270 e. The van der Waals surface area contributed by atoms with Crippen LogP contribution >= 0.6 is 0 Å². The standard InChI is InChI=1S/C28H26N4O4/c1-18(33)31-14-13-20(17-31)15-19-7-9-22(10-8-19)29-27(21-5-3-2-4-6-21)26-24-16-23(32(35)36)11-12-25(24)30-28(26)34/h2-12,16,20,29H,13-15,17H2,1H3,(H,30,34). The van der Waals surface area contributed by atoms with Gasteiger partial charge in [0, 0.05) is 49.1 Å². The number of hydrogen-bond donors (Lipinski definition) is 2. The minimum atomic E-state index is -0.463. The van der Waals surface area contributed by atoms with Crippen molar-refractivity contribution in [2.45, 2.75) is 19.8 Å². The number of likely N-dealkylation sites (tertiary alicyclic amines) is 1. The average molecular weight is 483 g/mol. The summed E-state index contributed by atoms with van der Waals surface area (Å²) in [4.78, 5) is 37.5. The molecule has 2 amide bonds. The van der Waals surface area contributed by atoms with Crippen LogP contribution in [0, 0.1) is 16.0 Å². The summed E-state index contributed by atoms with van der Waals surface area (Å²) in [5.74, 6) is 0.260. The number of fused-ring (bicyclic) bond motifs is 1. The van der Waals surface area contributed by atoms with Crippen molar-refractivity contribution in [1.29, 1.82) is 0 Å². The quantitative estimate of drug-likeness (QED) is 0.294. The van der Waals surface area contributed by atoms with E-state index in [9.17, 15) is 19.7 Å². The van der Waals surface area contributed by atoms with E-state index in [-0.39, 0.29) is 17.5 Å². The van der Waals surface area contributed by atoms with Gasteiger partial charge in [-0.3, -0.25) is 19.7 Å². The van der Waals surface area contributed by atoms with Crippen molar-refractivity contribution in [1.82, 2.24) is 4.90 Å². The first kappa shape index (κ1) is 23.3. The number of nitro groups is 1. The van der Waals surface area contributed by atoms with Gasteiger partial charge in [0.1, 0.15) is 0 Å². The van der Waals surface area contributed by atoms with Crippen LogP contribution in [0.15, 0.2) is 72.8 Å². The molecule has 1 unspecified atom stereocenters. The number of rotatable bonds is 6. The van der Waals surface area contributed by atoms with E-state index in [1.165, 1.54) is 17.7 Å². The molecule has 1 saturated heterocycles. The predicted octanol–water partition coefficient (Wildman–Crippen LogP) is 4.94. The van der Waals surface area contributed by atoms with E-state index < -0.39 is 4.92 Å². The number of nitrogens with zero attached hydrogens (tertiary/aromatic N) is 2. The topological polar surface area (TPSA) is 105 Å². The molecule has 0 saturated carbocycles. The Balaban J connectivity index is 1.45. The molecule has 0 radical (unpaired) electrons. The molecule has 5 rings (SSSR count). The van der Waals surface area contributed by atoms with Gasteiger partial charge in [-0.2, -0.15) is 0 Å². The predicted molar refractivity (Wildman–Crippen MR) is 139 cm³/mol. The van der Waals surface area contributed by atoms with Gasteiger partial charge in [0.15, 0.2) is 0 Å². The van der Waals surface area contributed by atoms with Gasteiger partial charge < -0.3 is 15.5 Å². The van der Waals surface area contributed by atoms with E-state index in [0.29, 0.717) is 28.4 Å². The normalized spacial score (nSPS) is 18.0. The first-order valence-electron chi connectivity index (χ1n) is 11.9. The van der Waals surface area contributed by atoms with Gasteiger partial charge in [-0.25, -0.2) is 0 Å². The minimum Gasteiger partial charge on any atom is -0.354 e. The van der Waals surface area contributed by atoms with Crippen LogP contribution in [0.4, 0.5) is 17.1 Å². The molecule has 3 aromatic rings. The molecule has 2 aliphatic heterocycles. The van der Waals surface area contributed by atoms with Gasteiger partial charge in [-0.1, -0.05) is 42.5 Å². The second-order valence-corrected chi connectivity index (χ2v) is 9.20. The van der Waals surface area contributed by atoms with Crippen molar-refractivity contribution in [3.63, 3.8) is 0 Å². The van der Waals surface area contributed by atoms with Gasteiger partial charge in [0.2, 0.25) is 5.91 Å². The zero-order valence-corrected chi connectivity index (χ0v) is 19.9. The summed E-state index contributed by atoms with van der Waals surface area (Å²) >= 11 is 0. The molecule has 0 bridgehead atoms. The Hall–Kier alpha value is -4.46. The Bertz CT molecular complexity index is 1370. The highest BCUT2D eigenvalue weighted by Gasteiger charge is 2.30. The first-order chi connectivity index (χ1) is 17.4. The van der Waals surface area contributed by atoms with Gasteiger partial charge in [-0.05, 0) is 48.1 Å². The number of hydrogen-bond acceptors (Lipinski definition) is 5. The summed E-state index contributed by atoms with van der Waals surface area (Å²) in [6.45, 7) is 3.22. The maximum atomic E-state index is 13.0. The molecule has 8 heteroatoms. The molecule has 0 aromatic heterocycles. The molecule has 3 aromatic carbocycles. The maximum absolute atomic E-state index is 13.0. The van der Waals surface area contributed by atoms with Crippen molar-refractivity contribution < 1.29 is 14.5 Å². The molecular weight excluding hydrogens is 456 g/mol. The number of carbonyl (C=O) groups excluding carboxylic acids is 2. The Labute approximate surface area is 208 Å². The number of nitrogens with one attached hydrogen (secondary N) is 2. The monoisotopic (exact) mass is 482 g/mol. The van der Waals surface area contributed by atoms with Crippen LogP contribution in [-0.4, -0.2) is 34.7 Å². The zero-order chi connectivity index (χ0) is 25.2. The SMILES string of the molecule is CC(=O)N1CCC(Cc2ccc(NC(=C3C(=O)Nc4ccc([N+](=O)[O-])cc43)c3ccccc3)cc2)C1. The zero-order valence-electron chi connectivity index (χ0n) is 19.9. The van der Waals surface area contributed by atoms with E-state index in [4.69, 9.17) is 0 Å². The summed E-state index contributed by atoms with van der Waals surface area (Å²) in [6, 6.07) is 21.9. The van der Waals surface area contributed by atoms with Gasteiger partial charge >= 0.3 is 0 Å². The van der Waals surface area contributed by atoms with Crippen molar-refractivity contribution in [2.24, 2.45) is 5.92 Å². The molecular formula is C28H26N4O4. The summed E-state index contributed by atoms with van der Waals surface area (Å²) in [7, 11) is 0. The lowest BCUT2D eigenvalue weighted by molar-refractivity contribution is -0.384. The number of benzene rings is 3. The fourth-order valence-corrected chi connectivity index (χ4v) is 4.89. The third-order valence-electron chi connectivity index (χ3n) is 6.75. The Morgan fingerprint density at radius 1 is 1.11 bits per heavy atom. The maximum Gasteiger partial charge on any atom is 0.270 e. The molecule has 8 nitrogen and oxygen atoms in total. The Kier molecular flexibility index (Phi) is 6.25. The third-order valence-corrected chi connectivity index (χ3v) is 6.75. The lowest BCUT2D eigenvalue weighted by Crippen LogP contribution is -2.26. The molecule has 2 N–H and O–H groups in total. The fraction of sp³-hybridized carbons (Fsp3) is 0.214. The van der Waals surface area contributed by atoms with Crippen molar-refractivity contribution >= 4 is 40.1 Å². The van der Waals surface area contributed by atoms with E-state index in [0.717, 1.165) is 37.2 Å². The average Bonchev–Trinajstić information content (AvgIpc) is 3.47. The number of non-ortho nitro benzene ring substituents is 1. The largest absolute Gasteiger partial charge is 0.354 e. The molecule has 0 aliphatic carbocycles. The second kappa shape index (κ2) is 9.65. The summed E-state index contributed by atoms with van der Waals surface area (Å²) in [5, 5.41) is 17.6. The van der Waals surface area contributed by atoms with E-state index >= 15 is 0 Å². The number of nitro benzene ring substituents is 1. The Morgan fingerprint density at radius 2 is 1.86 bits per heavy atom. The Morgan fingerprint density at radius 3 is 2.53 bits per heavy atom.